The van der Waals surface area contributed by atoms with Crippen molar-refractivity contribution in [3.05, 3.63) is 60.4 Å². The van der Waals surface area contributed by atoms with Gasteiger partial charge in [-0.1, -0.05) is 12.1 Å². The van der Waals surface area contributed by atoms with Crippen LogP contribution in [0.15, 0.2) is 53.4 Å². The molecule has 9 heteroatoms. The van der Waals surface area contributed by atoms with Crippen LogP contribution in [-0.4, -0.2) is 26.1 Å². The molecule has 0 saturated heterocycles. The summed E-state index contributed by atoms with van der Waals surface area (Å²) >= 11 is 0. The van der Waals surface area contributed by atoms with Gasteiger partial charge in [-0.25, -0.2) is 9.97 Å². The van der Waals surface area contributed by atoms with Crippen LogP contribution in [-0.2, 0) is 23.8 Å². The van der Waals surface area contributed by atoms with Crippen molar-refractivity contribution in [3.8, 4) is 11.6 Å². The SMILES string of the molecule is CC1(c2cc(NC=O)no2)CC1.Cn1ccc2cc(Oc3cc(CN)ncn3)ccc21. The van der Waals surface area contributed by atoms with E-state index in [9.17, 15) is 4.79 Å². The lowest BCUT2D eigenvalue weighted by molar-refractivity contribution is -0.105. The number of aryl methyl sites for hydroxylation is 1. The van der Waals surface area contributed by atoms with Crippen LogP contribution >= 0.6 is 0 Å². The van der Waals surface area contributed by atoms with Crippen molar-refractivity contribution in [2.45, 2.75) is 31.7 Å². The highest BCUT2D eigenvalue weighted by atomic mass is 16.5. The first kappa shape index (κ1) is 20.5. The number of anilines is 1. The van der Waals surface area contributed by atoms with Crippen molar-refractivity contribution in [2.24, 2.45) is 12.8 Å². The second-order valence-electron chi connectivity index (χ2n) is 7.70. The number of amides is 1. The maximum atomic E-state index is 10.1. The van der Waals surface area contributed by atoms with E-state index in [2.05, 4.69) is 31.9 Å². The number of nitrogens with zero attached hydrogens (tertiary/aromatic N) is 4. The zero-order valence-corrected chi connectivity index (χ0v) is 17.4. The van der Waals surface area contributed by atoms with E-state index < -0.39 is 0 Å². The summed E-state index contributed by atoms with van der Waals surface area (Å²) < 4.78 is 12.9. The van der Waals surface area contributed by atoms with Crippen LogP contribution in [0.2, 0.25) is 0 Å². The molecule has 1 amide bonds. The first-order chi connectivity index (χ1) is 15.0. The number of carbonyl (C=O) groups is 1. The average molecular weight is 420 g/mol. The predicted molar refractivity (Wildman–Crippen MR) is 116 cm³/mol. The molecule has 0 radical (unpaired) electrons. The summed E-state index contributed by atoms with van der Waals surface area (Å²) in [6.07, 6.45) is 6.35. The highest BCUT2D eigenvalue weighted by Gasteiger charge is 2.42. The number of carbonyl (C=O) groups excluding carboxylic acids is 1. The van der Waals surface area contributed by atoms with Crippen molar-refractivity contribution in [1.82, 2.24) is 19.7 Å². The first-order valence-corrected chi connectivity index (χ1v) is 9.92. The number of aromatic nitrogens is 4. The number of nitrogens with one attached hydrogen (secondary N) is 1. The molecule has 31 heavy (non-hydrogen) atoms. The third kappa shape index (κ3) is 4.72. The maximum Gasteiger partial charge on any atom is 0.222 e. The van der Waals surface area contributed by atoms with Gasteiger partial charge in [0.25, 0.3) is 0 Å². The lowest BCUT2D eigenvalue weighted by Gasteiger charge is -2.06. The molecule has 1 saturated carbocycles. The molecule has 160 valence electrons. The average Bonchev–Trinajstić information content (AvgIpc) is 3.18. The van der Waals surface area contributed by atoms with Crippen molar-refractivity contribution >= 4 is 23.1 Å². The molecule has 3 N–H and O–H groups in total. The Balaban J connectivity index is 0.000000166. The lowest BCUT2D eigenvalue weighted by atomic mass is 10.1. The quantitative estimate of drug-likeness (QED) is 0.458. The van der Waals surface area contributed by atoms with E-state index in [4.69, 9.17) is 15.0 Å². The second kappa shape index (κ2) is 8.57. The van der Waals surface area contributed by atoms with Gasteiger partial charge in [-0.3, -0.25) is 4.79 Å². The fraction of sp³-hybridized carbons (Fsp3) is 0.273. The largest absolute Gasteiger partial charge is 0.439 e. The Kier molecular flexibility index (Phi) is 5.68. The molecule has 0 unspecified atom stereocenters. The molecule has 0 spiro atoms. The van der Waals surface area contributed by atoms with Crippen LogP contribution in [0.5, 0.6) is 11.6 Å². The zero-order valence-electron chi connectivity index (χ0n) is 17.4. The Labute approximate surface area is 179 Å². The fourth-order valence-electron chi connectivity index (χ4n) is 3.11. The molecule has 0 atom stereocenters. The van der Waals surface area contributed by atoms with Crippen LogP contribution in [0.3, 0.4) is 0 Å². The van der Waals surface area contributed by atoms with Gasteiger partial charge >= 0.3 is 0 Å². The summed E-state index contributed by atoms with van der Waals surface area (Å²) in [5.74, 6) is 2.62. The predicted octanol–water partition coefficient (Wildman–Crippen LogP) is 3.51. The molecule has 3 heterocycles. The van der Waals surface area contributed by atoms with Crippen LogP contribution < -0.4 is 15.8 Å². The van der Waals surface area contributed by atoms with Gasteiger partial charge in [-0.15, -0.1) is 0 Å². The molecule has 0 aliphatic heterocycles. The van der Waals surface area contributed by atoms with Crippen molar-refractivity contribution in [1.29, 1.82) is 0 Å². The summed E-state index contributed by atoms with van der Waals surface area (Å²) in [4.78, 5) is 18.2. The molecule has 5 rings (SSSR count). The summed E-state index contributed by atoms with van der Waals surface area (Å²) in [6.45, 7) is 2.49. The number of benzene rings is 1. The Bertz CT molecular complexity index is 1190. The Morgan fingerprint density at radius 1 is 1.26 bits per heavy atom. The minimum Gasteiger partial charge on any atom is -0.439 e. The van der Waals surface area contributed by atoms with E-state index in [1.54, 1.807) is 12.1 Å². The van der Waals surface area contributed by atoms with Gasteiger partial charge in [0.1, 0.15) is 17.8 Å². The van der Waals surface area contributed by atoms with E-state index in [1.807, 2.05) is 37.5 Å². The van der Waals surface area contributed by atoms with E-state index in [-0.39, 0.29) is 5.41 Å². The third-order valence-corrected chi connectivity index (χ3v) is 5.30. The molecule has 1 aliphatic carbocycles. The summed E-state index contributed by atoms with van der Waals surface area (Å²) in [7, 11) is 2.01. The Morgan fingerprint density at radius 3 is 2.84 bits per heavy atom. The molecular weight excluding hydrogens is 396 g/mol. The number of hydrogen-bond donors (Lipinski definition) is 2. The first-order valence-electron chi connectivity index (χ1n) is 9.92. The number of ether oxygens (including phenoxy) is 1. The minimum absolute atomic E-state index is 0.176. The lowest BCUT2D eigenvalue weighted by Crippen LogP contribution is -2.00. The molecule has 3 aromatic heterocycles. The number of nitrogens with two attached hydrogens (primary N) is 1. The third-order valence-electron chi connectivity index (χ3n) is 5.30. The van der Waals surface area contributed by atoms with E-state index in [0.29, 0.717) is 24.7 Å². The topological polar surface area (TPSA) is 121 Å². The molecule has 1 aromatic carbocycles. The molecule has 1 aliphatic rings. The summed E-state index contributed by atoms with van der Waals surface area (Å²) in [5.41, 5.74) is 7.64. The van der Waals surface area contributed by atoms with Crippen LogP contribution in [0.4, 0.5) is 5.82 Å². The normalized spacial score (nSPS) is 13.9. The Hall–Kier alpha value is -3.72. The van der Waals surface area contributed by atoms with Gasteiger partial charge in [0.2, 0.25) is 12.3 Å². The summed E-state index contributed by atoms with van der Waals surface area (Å²) in [5, 5.41) is 7.27. The molecule has 0 bridgehead atoms. The van der Waals surface area contributed by atoms with Gasteiger partial charge < -0.3 is 24.9 Å². The van der Waals surface area contributed by atoms with Crippen molar-refractivity contribution in [2.75, 3.05) is 5.32 Å². The van der Waals surface area contributed by atoms with Gasteiger partial charge in [-0.2, -0.15) is 0 Å². The van der Waals surface area contributed by atoms with Gasteiger partial charge in [0, 0.05) is 48.2 Å². The number of hydrogen-bond acceptors (Lipinski definition) is 7. The maximum absolute atomic E-state index is 10.1. The van der Waals surface area contributed by atoms with E-state index in [0.717, 1.165) is 40.9 Å². The van der Waals surface area contributed by atoms with Gasteiger partial charge in [0.15, 0.2) is 5.82 Å². The van der Waals surface area contributed by atoms with Crippen molar-refractivity contribution in [3.63, 3.8) is 0 Å². The van der Waals surface area contributed by atoms with Crippen molar-refractivity contribution < 1.29 is 14.1 Å². The monoisotopic (exact) mass is 420 g/mol. The smallest absolute Gasteiger partial charge is 0.222 e. The van der Waals surface area contributed by atoms with Gasteiger partial charge in [0.05, 0.1) is 5.69 Å². The fourth-order valence-corrected chi connectivity index (χ4v) is 3.11. The van der Waals surface area contributed by atoms with E-state index in [1.165, 1.54) is 6.33 Å². The van der Waals surface area contributed by atoms with E-state index >= 15 is 0 Å². The Morgan fingerprint density at radius 2 is 2.10 bits per heavy atom. The summed E-state index contributed by atoms with van der Waals surface area (Å²) in [6, 6.07) is 11.5. The molecular formula is C22H24N6O3. The number of fused-ring (bicyclic) bond motifs is 1. The minimum atomic E-state index is 0.176. The molecule has 4 aromatic rings. The molecule has 1 fully saturated rings. The van der Waals surface area contributed by atoms with Crippen LogP contribution in [0.1, 0.15) is 31.2 Å². The zero-order chi connectivity index (χ0) is 21.8. The van der Waals surface area contributed by atoms with Gasteiger partial charge in [-0.05, 0) is 37.1 Å². The number of rotatable bonds is 6. The van der Waals surface area contributed by atoms with Crippen LogP contribution in [0.25, 0.3) is 10.9 Å². The highest BCUT2D eigenvalue weighted by Crippen LogP contribution is 2.47. The molecule has 9 nitrogen and oxygen atoms in total. The highest BCUT2D eigenvalue weighted by molar-refractivity contribution is 5.81. The van der Waals surface area contributed by atoms with Crippen LogP contribution in [0, 0.1) is 0 Å². The second-order valence-corrected chi connectivity index (χ2v) is 7.70. The standard InChI is InChI=1S/C14H14N4O.C8H10N2O2/c1-18-5-4-10-6-12(2-3-13(10)18)19-14-7-11(8-15)16-9-17-14;1-8(2-3-8)6-4-7(9-5-11)10-12-6/h2-7,9H,8,15H2,1H3;4-5H,2-3H2,1H3,(H,9,10,11).